The van der Waals surface area contributed by atoms with Gasteiger partial charge in [-0.1, -0.05) is 6.42 Å². The van der Waals surface area contributed by atoms with Crippen molar-refractivity contribution in [2.24, 2.45) is 0 Å². The number of rotatable bonds is 1. The molecule has 1 saturated heterocycles. The summed E-state index contributed by atoms with van der Waals surface area (Å²) >= 11 is 0. The van der Waals surface area contributed by atoms with Crippen LogP contribution in [-0.4, -0.2) is 24.3 Å². The predicted molar refractivity (Wildman–Crippen MR) is 32.6 cm³/mol. The van der Waals surface area contributed by atoms with Crippen LogP contribution in [-0.2, 0) is 9.94 Å². The second kappa shape index (κ2) is 3.41. The lowest BCUT2D eigenvalue weighted by Gasteiger charge is -2.22. The Labute approximate surface area is 59.3 Å². The van der Waals surface area contributed by atoms with Gasteiger partial charge in [-0.2, -0.15) is 9.90 Å². The topological polar surface area (TPSA) is 49.4 Å². The van der Waals surface area contributed by atoms with Gasteiger partial charge in [-0.05, 0) is 12.8 Å². The minimum atomic E-state index is -1.46. The smallest absolute Gasteiger partial charge is 0.333 e. The third-order valence-electron chi connectivity index (χ3n) is 1.52. The number of carbonyl (C=O) groups is 1. The number of nitrogens with zero attached hydrogens (tertiary/aromatic N) is 1. The quantitative estimate of drug-likeness (QED) is 0.550. The van der Waals surface area contributed by atoms with E-state index < -0.39 is 6.16 Å². The number of hydroxylamine groups is 2. The van der Waals surface area contributed by atoms with Crippen molar-refractivity contribution in [3.05, 3.63) is 0 Å². The van der Waals surface area contributed by atoms with Crippen LogP contribution in [0.25, 0.3) is 0 Å². The number of piperidine rings is 1. The molecule has 0 unspecified atom stereocenters. The van der Waals surface area contributed by atoms with Gasteiger partial charge in [-0.3, -0.25) is 0 Å². The molecule has 57 valence electrons. The molecule has 1 aliphatic heterocycles. The molecule has 10 heavy (non-hydrogen) atoms. The maximum Gasteiger partial charge on any atom is 0.570 e. The Bertz CT molecular complexity index is 120. The van der Waals surface area contributed by atoms with Crippen LogP contribution in [0.4, 0.5) is 4.79 Å². The third-order valence-corrected chi connectivity index (χ3v) is 1.52. The van der Waals surface area contributed by atoms with E-state index in [-0.39, 0.29) is 0 Å². The summed E-state index contributed by atoms with van der Waals surface area (Å²) in [5.74, 6) is 0. The van der Waals surface area contributed by atoms with Crippen molar-refractivity contribution in [1.29, 1.82) is 0 Å². The molecule has 0 atom stereocenters. The first-order valence-corrected chi connectivity index (χ1v) is 3.43. The van der Waals surface area contributed by atoms with Crippen molar-refractivity contribution < 1.29 is 14.7 Å². The molecule has 1 fully saturated rings. The predicted octanol–water partition coefficient (Wildman–Crippen LogP) is 0.954. The fourth-order valence-electron chi connectivity index (χ4n) is 1.06. The standard InChI is InChI=1S/C6H10NO3/c8-6(9)10-7-4-2-1-3-5-7/h1-5H2. The molecular formula is C6H10NO3. The molecule has 1 rings (SSSR count). The Morgan fingerprint density at radius 2 is 1.80 bits per heavy atom. The first-order chi connectivity index (χ1) is 4.79. The fourth-order valence-corrected chi connectivity index (χ4v) is 1.06. The van der Waals surface area contributed by atoms with Gasteiger partial charge < -0.3 is 4.84 Å². The molecule has 0 amide bonds. The molecule has 0 aromatic carbocycles. The highest BCUT2D eigenvalue weighted by Gasteiger charge is 2.14. The number of hydrogen-bond donors (Lipinski definition) is 0. The molecule has 0 aliphatic carbocycles. The Kier molecular flexibility index (Phi) is 2.50. The van der Waals surface area contributed by atoms with Gasteiger partial charge in [0.1, 0.15) is 0 Å². The van der Waals surface area contributed by atoms with Crippen molar-refractivity contribution in [2.75, 3.05) is 13.1 Å². The maximum atomic E-state index is 9.89. The van der Waals surface area contributed by atoms with E-state index in [2.05, 4.69) is 4.84 Å². The van der Waals surface area contributed by atoms with Gasteiger partial charge in [-0.15, -0.1) is 5.06 Å². The summed E-state index contributed by atoms with van der Waals surface area (Å²) in [7, 11) is 0. The molecule has 0 aromatic heterocycles. The van der Waals surface area contributed by atoms with Crippen LogP contribution in [0.3, 0.4) is 0 Å². The molecule has 1 heterocycles. The molecule has 4 heteroatoms. The van der Waals surface area contributed by atoms with Gasteiger partial charge in [0.25, 0.3) is 0 Å². The fraction of sp³-hybridized carbons (Fsp3) is 0.833. The summed E-state index contributed by atoms with van der Waals surface area (Å²) in [6.07, 6.45) is 1.72. The molecule has 1 aliphatic rings. The van der Waals surface area contributed by atoms with Gasteiger partial charge in [0, 0.05) is 13.1 Å². The Morgan fingerprint density at radius 3 is 2.30 bits per heavy atom. The van der Waals surface area contributed by atoms with Crippen LogP contribution in [0.2, 0.25) is 0 Å². The Balaban J connectivity index is 2.19. The Morgan fingerprint density at radius 1 is 1.20 bits per heavy atom. The van der Waals surface area contributed by atoms with E-state index >= 15 is 0 Å². The molecule has 1 radical (unpaired) electrons. The van der Waals surface area contributed by atoms with Crippen LogP contribution in [0, 0.1) is 0 Å². The maximum absolute atomic E-state index is 9.89. The van der Waals surface area contributed by atoms with Gasteiger partial charge >= 0.3 is 6.16 Å². The number of carbonyl (C=O) groups excluding carboxylic acids is 1. The van der Waals surface area contributed by atoms with Gasteiger partial charge in [0.2, 0.25) is 0 Å². The minimum absolute atomic E-state index is 0.702. The van der Waals surface area contributed by atoms with Crippen LogP contribution in [0.15, 0.2) is 0 Å². The van der Waals surface area contributed by atoms with Crippen LogP contribution in [0.1, 0.15) is 19.3 Å². The second-order valence-electron chi connectivity index (χ2n) is 2.33. The van der Waals surface area contributed by atoms with Crippen LogP contribution >= 0.6 is 0 Å². The highest BCUT2D eigenvalue weighted by Crippen LogP contribution is 2.08. The highest BCUT2D eigenvalue weighted by atomic mass is 16.8. The first kappa shape index (κ1) is 7.34. The van der Waals surface area contributed by atoms with Crippen molar-refractivity contribution in [1.82, 2.24) is 5.06 Å². The van der Waals surface area contributed by atoms with Gasteiger partial charge in [0.15, 0.2) is 0 Å². The zero-order chi connectivity index (χ0) is 7.40. The molecule has 0 saturated carbocycles. The number of hydrogen-bond acceptors (Lipinski definition) is 3. The van der Waals surface area contributed by atoms with Crippen molar-refractivity contribution in [3.8, 4) is 0 Å². The molecule has 0 N–H and O–H groups in total. The summed E-state index contributed by atoms with van der Waals surface area (Å²) < 4.78 is 0. The average molecular weight is 144 g/mol. The van der Waals surface area contributed by atoms with Crippen molar-refractivity contribution >= 4 is 6.16 Å². The molecule has 4 nitrogen and oxygen atoms in total. The van der Waals surface area contributed by atoms with Crippen LogP contribution < -0.4 is 0 Å². The van der Waals surface area contributed by atoms with E-state index in [1.54, 1.807) is 0 Å². The molecular weight excluding hydrogens is 134 g/mol. The molecule has 0 bridgehead atoms. The van der Waals surface area contributed by atoms with E-state index in [1.165, 1.54) is 5.06 Å². The highest BCUT2D eigenvalue weighted by molar-refractivity contribution is 5.55. The average Bonchev–Trinajstić information content (AvgIpc) is 1.88. The summed E-state index contributed by atoms with van der Waals surface area (Å²) in [6, 6.07) is 0. The van der Waals surface area contributed by atoms with Gasteiger partial charge in [-0.25, -0.2) is 0 Å². The monoisotopic (exact) mass is 144 g/mol. The van der Waals surface area contributed by atoms with Crippen molar-refractivity contribution in [2.45, 2.75) is 19.3 Å². The van der Waals surface area contributed by atoms with E-state index in [4.69, 9.17) is 0 Å². The van der Waals surface area contributed by atoms with E-state index in [9.17, 15) is 9.90 Å². The lowest BCUT2D eigenvalue weighted by atomic mass is 10.2. The largest absolute Gasteiger partial charge is 0.570 e. The summed E-state index contributed by atoms with van der Waals surface area (Å²) in [6.45, 7) is 1.40. The zero-order valence-corrected chi connectivity index (χ0v) is 5.71. The molecule has 0 spiro atoms. The molecule has 0 aromatic rings. The minimum Gasteiger partial charge on any atom is -0.333 e. The summed E-state index contributed by atoms with van der Waals surface area (Å²) in [4.78, 5) is 14.2. The Hall–Kier alpha value is -0.770. The van der Waals surface area contributed by atoms with E-state index in [0.29, 0.717) is 13.1 Å². The zero-order valence-electron chi connectivity index (χ0n) is 5.71. The first-order valence-electron chi connectivity index (χ1n) is 3.43. The lowest BCUT2D eigenvalue weighted by Crippen LogP contribution is -2.31. The summed E-state index contributed by atoms with van der Waals surface area (Å²) in [5.41, 5.74) is 0. The van der Waals surface area contributed by atoms with Crippen LogP contribution in [0.5, 0.6) is 0 Å². The lowest BCUT2D eigenvalue weighted by molar-refractivity contribution is -0.136. The normalized spacial score (nSPS) is 20.4. The third kappa shape index (κ3) is 2.23. The van der Waals surface area contributed by atoms with Gasteiger partial charge in [0.05, 0.1) is 0 Å². The van der Waals surface area contributed by atoms with Crippen molar-refractivity contribution in [3.63, 3.8) is 0 Å². The second-order valence-corrected chi connectivity index (χ2v) is 2.33. The van der Waals surface area contributed by atoms with E-state index in [0.717, 1.165) is 19.3 Å². The summed E-state index contributed by atoms with van der Waals surface area (Å²) in [5, 5.41) is 11.3. The SMILES string of the molecule is [O]C(=O)ON1CCCCC1. The van der Waals surface area contributed by atoms with E-state index in [1.807, 2.05) is 0 Å².